The fourth-order valence-corrected chi connectivity index (χ4v) is 2.81. The topological polar surface area (TPSA) is 21.3 Å². The van der Waals surface area contributed by atoms with E-state index in [0.29, 0.717) is 12.2 Å². The summed E-state index contributed by atoms with van der Waals surface area (Å²) in [5.41, 5.74) is 2.74. The van der Waals surface area contributed by atoms with Crippen LogP contribution in [0.3, 0.4) is 0 Å². The molecule has 0 spiro atoms. The average Bonchev–Trinajstić information content (AvgIpc) is 2.92. The molecule has 0 saturated carbocycles. The zero-order valence-corrected chi connectivity index (χ0v) is 11.9. The molecule has 0 amide bonds. The van der Waals surface area contributed by atoms with Crippen molar-refractivity contribution < 1.29 is 9.13 Å². The van der Waals surface area contributed by atoms with Gasteiger partial charge in [-0.15, -0.1) is 0 Å². The standard InChI is InChI=1S/C16H15ClFNO/c1-19-16(12-3-2-4-13(17)15(12)18)11-5-6-14-10(9-11)7-8-20-14/h2-6,9,16,19H,7-8H2,1H3. The Hall–Kier alpha value is -1.58. The van der Waals surface area contributed by atoms with Crippen LogP contribution in [0.2, 0.25) is 5.02 Å². The zero-order valence-electron chi connectivity index (χ0n) is 11.1. The predicted octanol–water partition coefficient (Wildman–Crippen LogP) is 3.72. The first-order valence-electron chi connectivity index (χ1n) is 6.57. The minimum Gasteiger partial charge on any atom is -0.493 e. The van der Waals surface area contributed by atoms with Gasteiger partial charge in [0.2, 0.25) is 0 Å². The number of rotatable bonds is 3. The van der Waals surface area contributed by atoms with Crippen molar-refractivity contribution in [3.63, 3.8) is 0 Å². The van der Waals surface area contributed by atoms with Gasteiger partial charge in [0.05, 0.1) is 17.7 Å². The lowest BCUT2D eigenvalue weighted by atomic mass is 9.96. The Morgan fingerprint density at radius 2 is 2.15 bits per heavy atom. The van der Waals surface area contributed by atoms with Gasteiger partial charge in [-0.25, -0.2) is 4.39 Å². The Bertz CT molecular complexity index is 644. The van der Waals surface area contributed by atoms with Crippen LogP contribution in [-0.2, 0) is 6.42 Å². The van der Waals surface area contributed by atoms with Gasteiger partial charge in [-0.2, -0.15) is 0 Å². The molecule has 1 unspecified atom stereocenters. The molecular weight excluding hydrogens is 277 g/mol. The average molecular weight is 292 g/mol. The van der Waals surface area contributed by atoms with E-state index in [2.05, 4.69) is 11.4 Å². The van der Waals surface area contributed by atoms with Gasteiger partial charge in [-0.3, -0.25) is 0 Å². The number of benzene rings is 2. The molecule has 2 aromatic rings. The summed E-state index contributed by atoms with van der Waals surface area (Å²) in [5.74, 6) is 0.556. The van der Waals surface area contributed by atoms with Crippen LogP contribution in [-0.4, -0.2) is 13.7 Å². The van der Waals surface area contributed by atoms with Gasteiger partial charge < -0.3 is 10.1 Å². The molecule has 1 N–H and O–H groups in total. The zero-order chi connectivity index (χ0) is 14.1. The number of hydrogen-bond donors (Lipinski definition) is 1. The first-order valence-corrected chi connectivity index (χ1v) is 6.95. The number of nitrogens with one attached hydrogen (secondary N) is 1. The van der Waals surface area contributed by atoms with Gasteiger partial charge >= 0.3 is 0 Å². The van der Waals surface area contributed by atoms with Gasteiger partial charge in [-0.1, -0.05) is 35.9 Å². The summed E-state index contributed by atoms with van der Waals surface area (Å²) < 4.78 is 19.7. The van der Waals surface area contributed by atoms with Crippen LogP contribution in [0.4, 0.5) is 4.39 Å². The Morgan fingerprint density at radius 3 is 2.95 bits per heavy atom. The summed E-state index contributed by atoms with van der Waals surface area (Å²) in [6.07, 6.45) is 0.900. The van der Waals surface area contributed by atoms with Crippen LogP contribution in [0.1, 0.15) is 22.7 Å². The maximum absolute atomic E-state index is 14.2. The van der Waals surface area contributed by atoms with Crippen LogP contribution in [0, 0.1) is 5.82 Å². The van der Waals surface area contributed by atoms with Crippen LogP contribution in [0.5, 0.6) is 5.75 Å². The molecule has 1 heterocycles. The molecule has 0 aromatic heterocycles. The molecule has 1 aliphatic rings. The largest absolute Gasteiger partial charge is 0.493 e. The molecule has 4 heteroatoms. The van der Waals surface area contributed by atoms with E-state index in [0.717, 1.165) is 17.7 Å². The number of fused-ring (bicyclic) bond motifs is 1. The van der Waals surface area contributed by atoms with Gasteiger partial charge in [-0.05, 0) is 30.3 Å². The van der Waals surface area contributed by atoms with E-state index in [1.165, 1.54) is 5.56 Å². The Labute approximate surface area is 122 Å². The highest BCUT2D eigenvalue weighted by Gasteiger charge is 2.20. The van der Waals surface area contributed by atoms with Gasteiger partial charge in [0.1, 0.15) is 11.6 Å². The normalized spacial score (nSPS) is 14.8. The second-order valence-electron chi connectivity index (χ2n) is 4.83. The van der Waals surface area contributed by atoms with E-state index in [1.54, 1.807) is 18.2 Å². The van der Waals surface area contributed by atoms with Gasteiger partial charge in [0.15, 0.2) is 0 Å². The van der Waals surface area contributed by atoms with E-state index < -0.39 is 0 Å². The first kappa shape index (κ1) is 13.4. The Balaban J connectivity index is 2.03. The fraction of sp³-hybridized carbons (Fsp3) is 0.250. The summed E-state index contributed by atoms with van der Waals surface area (Å²) >= 11 is 5.87. The van der Waals surface area contributed by atoms with Crippen molar-refractivity contribution in [1.29, 1.82) is 0 Å². The van der Waals surface area contributed by atoms with Crippen molar-refractivity contribution in [2.45, 2.75) is 12.5 Å². The highest BCUT2D eigenvalue weighted by molar-refractivity contribution is 6.30. The smallest absolute Gasteiger partial charge is 0.146 e. The van der Waals surface area contributed by atoms with Crippen LogP contribution in [0.25, 0.3) is 0 Å². The maximum Gasteiger partial charge on any atom is 0.146 e. The third-order valence-electron chi connectivity index (χ3n) is 3.63. The summed E-state index contributed by atoms with van der Waals surface area (Å²) in [6, 6.07) is 10.8. The van der Waals surface area contributed by atoms with E-state index in [4.69, 9.17) is 16.3 Å². The molecular formula is C16H15ClFNO. The molecule has 0 fully saturated rings. The van der Waals surface area contributed by atoms with Crippen LogP contribution in [0.15, 0.2) is 36.4 Å². The first-order chi connectivity index (χ1) is 9.70. The summed E-state index contributed by atoms with van der Waals surface area (Å²) in [6.45, 7) is 0.717. The molecule has 0 bridgehead atoms. The van der Waals surface area contributed by atoms with E-state index in [9.17, 15) is 4.39 Å². The maximum atomic E-state index is 14.2. The van der Waals surface area contributed by atoms with Crippen LogP contribution < -0.4 is 10.1 Å². The SMILES string of the molecule is CNC(c1ccc2c(c1)CCO2)c1cccc(Cl)c1F. The third kappa shape index (κ3) is 2.28. The molecule has 20 heavy (non-hydrogen) atoms. The number of hydrogen-bond acceptors (Lipinski definition) is 2. The van der Waals surface area contributed by atoms with Crippen molar-refractivity contribution in [3.8, 4) is 5.75 Å². The quantitative estimate of drug-likeness (QED) is 0.930. The number of ether oxygens (including phenoxy) is 1. The minimum atomic E-state index is -0.370. The molecule has 3 rings (SSSR count). The van der Waals surface area contributed by atoms with Gasteiger partial charge in [0.25, 0.3) is 0 Å². The van der Waals surface area contributed by atoms with Crippen molar-refractivity contribution >= 4 is 11.6 Å². The van der Waals surface area contributed by atoms with Crippen LogP contribution >= 0.6 is 11.6 Å². The number of halogens is 2. The summed E-state index contributed by atoms with van der Waals surface area (Å²) in [4.78, 5) is 0. The van der Waals surface area contributed by atoms with Crippen molar-refractivity contribution in [2.75, 3.05) is 13.7 Å². The second-order valence-corrected chi connectivity index (χ2v) is 5.24. The third-order valence-corrected chi connectivity index (χ3v) is 3.92. The minimum absolute atomic E-state index is 0.146. The van der Waals surface area contributed by atoms with Crippen molar-refractivity contribution in [1.82, 2.24) is 5.32 Å². The van der Waals surface area contributed by atoms with Gasteiger partial charge in [0, 0.05) is 12.0 Å². The van der Waals surface area contributed by atoms with E-state index in [-0.39, 0.29) is 16.9 Å². The predicted molar refractivity (Wildman–Crippen MR) is 78.0 cm³/mol. The lowest BCUT2D eigenvalue weighted by molar-refractivity contribution is 0.357. The Morgan fingerprint density at radius 1 is 1.30 bits per heavy atom. The highest BCUT2D eigenvalue weighted by atomic mass is 35.5. The summed E-state index contributed by atoms with van der Waals surface area (Å²) in [7, 11) is 1.81. The highest BCUT2D eigenvalue weighted by Crippen LogP contribution is 2.32. The monoisotopic (exact) mass is 291 g/mol. The lowest BCUT2D eigenvalue weighted by Gasteiger charge is -2.19. The fourth-order valence-electron chi connectivity index (χ4n) is 2.63. The molecule has 2 aromatic carbocycles. The molecule has 104 valence electrons. The summed E-state index contributed by atoms with van der Waals surface area (Å²) in [5, 5.41) is 3.30. The molecule has 2 nitrogen and oxygen atoms in total. The van der Waals surface area contributed by atoms with E-state index in [1.807, 2.05) is 19.2 Å². The van der Waals surface area contributed by atoms with E-state index >= 15 is 0 Å². The Kier molecular flexibility index (Phi) is 3.64. The second kappa shape index (κ2) is 5.43. The molecule has 1 atom stereocenters. The van der Waals surface area contributed by atoms with Crippen molar-refractivity contribution in [3.05, 3.63) is 63.9 Å². The molecule has 1 aliphatic heterocycles. The molecule has 0 saturated heterocycles. The molecule has 0 radical (unpaired) electrons. The lowest BCUT2D eigenvalue weighted by Crippen LogP contribution is -2.19. The van der Waals surface area contributed by atoms with Crippen molar-refractivity contribution in [2.24, 2.45) is 0 Å². The molecule has 0 aliphatic carbocycles.